The molecule has 2 fully saturated rings. The number of hydrogen-bond donors (Lipinski definition) is 0. The molecule has 1 aromatic carbocycles. The van der Waals surface area contributed by atoms with Gasteiger partial charge in [-0.25, -0.2) is 0 Å². The van der Waals surface area contributed by atoms with Crippen molar-refractivity contribution >= 4 is 0 Å². The molecule has 0 N–H and O–H groups in total. The van der Waals surface area contributed by atoms with Gasteiger partial charge in [0, 0.05) is 23.8 Å². The molecule has 3 heterocycles. The summed E-state index contributed by atoms with van der Waals surface area (Å²) in [6.07, 6.45) is 9.02. The standard InChI is InChI=1S/C20H24N2O/c1-22-18-7-8-19(22)10-16(9-18)14-3-5-15(6-4-14)17-11-20(23-2)13-21-12-17/h3-6,11-13,16,18-19H,7-10H2,1-2H3. The maximum atomic E-state index is 5.27. The molecular weight excluding hydrogens is 284 g/mol. The van der Waals surface area contributed by atoms with E-state index in [2.05, 4.69) is 41.2 Å². The van der Waals surface area contributed by atoms with Crippen LogP contribution in [-0.4, -0.2) is 36.1 Å². The number of ether oxygens (including phenoxy) is 1. The molecule has 2 saturated heterocycles. The Morgan fingerprint density at radius 1 is 1.00 bits per heavy atom. The van der Waals surface area contributed by atoms with Crippen molar-refractivity contribution in [3.8, 4) is 16.9 Å². The Bertz CT molecular complexity index is 668. The van der Waals surface area contributed by atoms with Gasteiger partial charge in [-0.1, -0.05) is 24.3 Å². The van der Waals surface area contributed by atoms with Crippen LogP contribution in [0.3, 0.4) is 0 Å². The van der Waals surface area contributed by atoms with Gasteiger partial charge >= 0.3 is 0 Å². The quantitative estimate of drug-likeness (QED) is 0.853. The first kappa shape index (κ1) is 14.7. The maximum absolute atomic E-state index is 5.27. The lowest BCUT2D eigenvalue weighted by Gasteiger charge is -2.36. The van der Waals surface area contributed by atoms with Crippen molar-refractivity contribution in [3.05, 3.63) is 48.3 Å². The highest BCUT2D eigenvalue weighted by Crippen LogP contribution is 2.42. The zero-order valence-electron chi connectivity index (χ0n) is 13.9. The van der Waals surface area contributed by atoms with E-state index in [0.29, 0.717) is 0 Å². The summed E-state index contributed by atoms with van der Waals surface area (Å²) in [5.41, 5.74) is 3.81. The molecule has 2 atom stereocenters. The second-order valence-corrected chi connectivity index (χ2v) is 6.95. The molecule has 120 valence electrons. The molecule has 3 nitrogen and oxygen atoms in total. The minimum atomic E-state index is 0.723. The van der Waals surface area contributed by atoms with Crippen LogP contribution in [-0.2, 0) is 0 Å². The van der Waals surface area contributed by atoms with Gasteiger partial charge in [-0.15, -0.1) is 0 Å². The van der Waals surface area contributed by atoms with Gasteiger partial charge in [-0.3, -0.25) is 4.98 Å². The second-order valence-electron chi connectivity index (χ2n) is 6.95. The Morgan fingerprint density at radius 3 is 2.35 bits per heavy atom. The maximum Gasteiger partial charge on any atom is 0.137 e. The fourth-order valence-electron chi connectivity index (χ4n) is 4.32. The smallest absolute Gasteiger partial charge is 0.137 e. The summed E-state index contributed by atoms with van der Waals surface area (Å²) in [6, 6.07) is 12.7. The lowest BCUT2D eigenvalue weighted by atomic mass is 9.85. The minimum Gasteiger partial charge on any atom is -0.495 e. The molecule has 0 spiro atoms. The van der Waals surface area contributed by atoms with Crippen molar-refractivity contribution in [2.45, 2.75) is 43.7 Å². The number of methoxy groups -OCH3 is 1. The van der Waals surface area contributed by atoms with E-state index in [1.807, 2.05) is 12.3 Å². The molecule has 2 bridgehead atoms. The molecule has 3 heteroatoms. The van der Waals surface area contributed by atoms with E-state index in [1.54, 1.807) is 13.3 Å². The summed E-state index contributed by atoms with van der Waals surface area (Å²) >= 11 is 0. The SMILES string of the molecule is COc1cncc(-c2ccc(C3CC4CCC(C3)N4C)cc2)c1. The Labute approximate surface area is 138 Å². The highest BCUT2D eigenvalue weighted by atomic mass is 16.5. The van der Waals surface area contributed by atoms with Crippen molar-refractivity contribution < 1.29 is 4.74 Å². The first-order chi connectivity index (χ1) is 11.2. The zero-order chi connectivity index (χ0) is 15.8. The van der Waals surface area contributed by atoms with Crippen LogP contribution in [0.25, 0.3) is 11.1 Å². The molecular formula is C20H24N2O. The van der Waals surface area contributed by atoms with E-state index in [-0.39, 0.29) is 0 Å². The van der Waals surface area contributed by atoms with Crippen LogP contribution in [0.1, 0.15) is 37.2 Å². The second kappa shape index (κ2) is 5.97. The topological polar surface area (TPSA) is 25.4 Å². The highest BCUT2D eigenvalue weighted by Gasteiger charge is 2.38. The van der Waals surface area contributed by atoms with Crippen molar-refractivity contribution in [2.75, 3.05) is 14.2 Å². The van der Waals surface area contributed by atoms with Crippen LogP contribution >= 0.6 is 0 Å². The average Bonchev–Trinajstić information content (AvgIpc) is 2.83. The van der Waals surface area contributed by atoms with Gasteiger partial charge in [0.05, 0.1) is 13.3 Å². The van der Waals surface area contributed by atoms with E-state index in [0.717, 1.165) is 29.3 Å². The van der Waals surface area contributed by atoms with Crippen molar-refractivity contribution in [3.63, 3.8) is 0 Å². The first-order valence-electron chi connectivity index (χ1n) is 8.56. The molecule has 0 radical (unpaired) electrons. The molecule has 4 rings (SSSR count). The van der Waals surface area contributed by atoms with E-state index in [4.69, 9.17) is 4.74 Å². The number of pyridine rings is 1. The summed E-state index contributed by atoms with van der Waals surface area (Å²) in [6.45, 7) is 0. The number of piperidine rings is 1. The Morgan fingerprint density at radius 2 is 1.70 bits per heavy atom. The lowest BCUT2D eigenvalue weighted by Crippen LogP contribution is -2.39. The summed E-state index contributed by atoms with van der Waals surface area (Å²) < 4.78 is 5.27. The van der Waals surface area contributed by atoms with Gasteiger partial charge in [0.1, 0.15) is 5.75 Å². The van der Waals surface area contributed by atoms with Crippen LogP contribution < -0.4 is 4.74 Å². The number of rotatable bonds is 3. The molecule has 2 aromatic rings. The van der Waals surface area contributed by atoms with E-state index < -0.39 is 0 Å². The third-order valence-electron chi connectivity index (χ3n) is 5.76. The predicted molar refractivity (Wildman–Crippen MR) is 92.8 cm³/mol. The molecule has 23 heavy (non-hydrogen) atoms. The fraction of sp³-hybridized carbons (Fsp3) is 0.450. The molecule has 0 saturated carbocycles. The molecule has 0 aliphatic carbocycles. The molecule has 0 amide bonds. The van der Waals surface area contributed by atoms with Crippen LogP contribution in [0.5, 0.6) is 5.75 Å². The Hall–Kier alpha value is -1.87. The molecule has 2 aliphatic heterocycles. The van der Waals surface area contributed by atoms with Gasteiger partial charge in [0.2, 0.25) is 0 Å². The summed E-state index contributed by atoms with van der Waals surface area (Å²) in [7, 11) is 3.98. The third-order valence-corrected chi connectivity index (χ3v) is 5.76. The highest BCUT2D eigenvalue weighted by molar-refractivity contribution is 5.64. The zero-order valence-corrected chi connectivity index (χ0v) is 13.9. The Balaban J connectivity index is 1.54. The lowest BCUT2D eigenvalue weighted by molar-refractivity contribution is 0.161. The minimum absolute atomic E-state index is 0.723. The summed E-state index contributed by atoms with van der Waals surface area (Å²) in [5, 5.41) is 0. The summed E-state index contributed by atoms with van der Waals surface area (Å²) in [4.78, 5) is 6.85. The van der Waals surface area contributed by atoms with Crippen molar-refractivity contribution in [2.24, 2.45) is 0 Å². The number of benzene rings is 1. The van der Waals surface area contributed by atoms with Gasteiger partial charge in [-0.05, 0) is 55.8 Å². The van der Waals surface area contributed by atoms with E-state index in [1.165, 1.54) is 36.8 Å². The van der Waals surface area contributed by atoms with Gasteiger partial charge < -0.3 is 9.64 Å². The average molecular weight is 308 g/mol. The summed E-state index contributed by atoms with van der Waals surface area (Å²) in [5.74, 6) is 1.53. The molecule has 2 aliphatic rings. The number of nitrogens with zero attached hydrogens (tertiary/aromatic N) is 2. The number of fused-ring (bicyclic) bond motifs is 2. The van der Waals surface area contributed by atoms with Crippen molar-refractivity contribution in [1.29, 1.82) is 0 Å². The molecule has 2 unspecified atom stereocenters. The van der Waals surface area contributed by atoms with Crippen LogP contribution in [0.15, 0.2) is 42.7 Å². The van der Waals surface area contributed by atoms with E-state index >= 15 is 0 Å². The Kier molecular flexibility index (Phi) is 3.82. The first-order valence-corrected chi connectivity index (χ1v) is 8.56. The number of hydrogen-bond acceptors (Lipinski definition) is 3. The van der Waals surface area contributed by atoms with Gasteiger partial charge in [-0.2, -0.15) is 0 Å². The van der Waals surface area contributed by atoms with Crippen LogP contribution in [0.2, 0.25) is 0 Å². The predicted octanol–water partition coefficient (Wildman–Crippen LogP) is 4.10. The molecule has 1 aromatic heterocycles. The van der Waals surface area contributed by atoms with Gasteiger partial charge in [0.25, 0.3) is 0 Å². The fourth-order valence-corrected chi connectivity index (χ4v) is 4.32. The third kappa shape index (κ3) is 2.74. The monoisotopic (exact) mass is 308 g/mol. The van der Waals surface area contributed by atoms with Crippen LogP contribution in [0, 0.1) is 0 Å². The largest absolute Gasteiger partial charge is 0.495 e. The normalized spacial score (nSPS) is 27.1. The van der Waals surface area contributed by atoms with Crippen LogP contribution in [0.4, 0.5) is 0 Å². The number of aromatic nitrogens is 1. The van der Waals surface area contributed by atoms with Crippen molar-refractivity contribution in [1.82, 2.24) is 9.88 Å². The van der Waals surface area contributed by atoms with E-state index in [9.17, 15) is 0 Å². The van der Waals surface area contributed by atoms with Gasteiger partial charge in [0.15, 0.2) is 0 Å².